The molecule has 0 fully saturated rings. The van der Waals surface area contributed by atoms with Gasteiger partial charge in [-0.3, -0.25) is 0 Å². The quantitative estimate of drug-likeness (QED) is 0.145. The van der Waals surface area contributed by atoms with E-state index in [9.17, 15) is 0 Å². The molecule has 0 aliphatic rings. The molecule has 11 rings (SSSR count). The molecular weight excluding hydrogens is 751 g/mol. The van der Waals surface area contributed by atoms with Crippen molar-refractivity contribution in [2.45, 2.75) is 0 Å². The Hall–Kier alpha value is -8.20. The number of nitrogens with zero attached hydrogens (tertiary/aromatic N) is 1. The van der Waals surface area contributed by atoms with Crippen molar-refractivity contribution in [3.63, 3.8) is 0 Å². The van der Waals surface area contributed by atoms with E-state index in [1.807, 2.05) is 12.1 Å². The van der Waals surface area contributed by atoms with Gasteiger partial charge in [0.05, 0.1) is 0 Å². The first kappa shape index (κ1) is 36.8. The minimum absolute atomic E-state index is 0.908. The van der Waals surface area contributed by atoms with E-state index in [1.165, 1.54) is 33.4 Å². The van der Waals surface area contributed by atoms with Crippen LogP contribution in [0.5, 0.6) is 0 Å². The number of anilines is 3. The molecule has 1 aromatic heterocycles. The smallest absolute Gasteiger partial charge is 0.143 e. The molecule has 0 radical (unpaired) electrons. The number of fused-ring (bicyclic) bond motifs is 3. The molecule has 11 aromatic rings. The van der Waals surface area contributed by atoms with E-state index in [-0.39, 0.29) is 0 Å². The predicted octanol–water partition coefficient (Wildman–Crippen LogP) is 17.1. The normalized spacial score (nSPS) is 11.2. The van der Waals surface area contributed by atoms with Crippen LogP contribution in [0, 0.1) is 0 Å². The van der Waals surface area contributed by atoms with Crippen LogP contribution in [0.2, 0.25) is 0 Å². The van der Waals surface area contributed by atoms with Gasteiger partial charge in [0.25, 0.3) is 0 Å². The summed E-state index contributed by atoms with van der Waals surface area (Å²) in [5.41, 5.74) is 19.0. The van der Waals surface area contributed by atoms with E-state index in [4.69, 9.17) is 4.42 Å². The second-order valence-corrected chi connectivity index (χ2v) is 15.7. The molecule has 62 heavy (non-hydrogen) atoms. The topological polar surface area (TPSA) is 16.4 Å². The van der Waals surface area contributed by atoms with Gasteiger partial charge >= 0.3 is 0 Å². The number of para-hydroxylation sites is 2. The van der Waals surface area contributed by atoms with E-state index < -0.39 is 0 Å². The molecule has 0 atom stereocenters. The third kappa shape index (κ3) is 7.14. The molecule has 10 aromatic carbocycles. The first-order valence-corrected chi connectivity index (χ1v) is 21.2. The van der Waals surface area contributed by atoms with Gasteiger partial charge in [-0.15, -0.1) is 0 Å². The largest absolute Gasteiger partial charge is 0.455 e. The summed E-state index contributed by atoms with van der Waals surface area (Å²) >= 11 is 0. The van der Waals surface area contributed by atoms with E-state index in [1.54, 1.807) is 0 Å². The molecule has 0 spiro atoms. The van der Waals surface area contributed by atoms with Gasteiger partial charge in [0.2, 0.25) is 0 Å². The van der Waals surface area contributed by atoms with Crippen LogP contribution in [0.15, 0.2) is 253 Å². The molecule has 0 saturated heterocycles. The van der Waals surface area contributed by atoms with Crippen molar-refractivity contribution in [1.82, 2.24) is 0 Å². The fourth-order valence-corrected chi connectivity index (χ4v) is 8.76. The van der Waals surface area contributed by atoms with E-state index in [0.29, 0.717) is 0 Å². The van der Waals surface area contributed by atoms with Gasteiger partial charge in [-0.25, -0.2) is 0 Å². The van der Waals surface area contributed by atoms with Crippen LogP contribution in [0.25, 0.3) is 88.7 Å². The SMILES string of the molecule is c1ccc(-c2cccc(-c3cccc(N(c4cccc(-c5ccc(-c6cccc7c6oc6ccccc67)cc5)c4)c4cccc(-c5cccc(-c6ccccc6)c5)c4)c3)c2)cc1. The average molecular weight is 792 g/mol. The predicted molar refractivity (Wildman–Crippen MR) is 261 cm³/mol. The van der Waals surface area contributed by atoms with Gasteiger partial charge in [0.15, 0.2) is 0 Å². The summed E-state index contributed by atoms with van der Waals surface area (Å²) in [6.07, 6.45) is 0. The van der Waals surface area contributed by atoms with Crippen molar-refractivity contribution in [2.24, 2.45) is 0 Å². The monoisotopic (exact) mass is 791 g/mol. The second kappa shape index (κ2) is 16.1. The molecule has 2 nitrogen and oxygen atoms in total. The minimum atomic E-state index is 0.908. The lowest BCUT2D eigenvalue weighted by Gasteiger charge is -2.27. The molecular formula is C60H41NO. The third-order valence-electron chi connectivity index (χ3n) is 11.9. The Bertz CT molecular complexity index is 3220. The molecule has 0 aliphatic heterocycles. The zero-order chi connectivity index (χ0) is 41.2. The number of benzene rings is 10. The molecule has 0 amide bonds. The Morgan fingerprint density at radius 1 is 0.242 bits per heavy atom. The van der Waals surface area contributed by atoms with Gasteiger partial charge < -0.3 is 9.32 Å². The van der Waals surface area contributed by atoms with Crippen molar-refractivity contribution in [2.75, 3.05) is 4.90 Å². The molecule has 0 aliphatic carbocycles. The van der Waals surface area contributed by atoms with Gasteiger partial charge in [0, 0.05) is 33.4 Å². The van der Waals surface area contributed by atoms with E-state index >= 15 is 0 Å². The number of furan rings is 1. The highest BCUT2D eigenvalue weighted by molar-refractivity contribution is 6.09. The average Bonchev–Trinajstić information content (AvgIpc) is 3.74. The molecule has 0 N–H and O–H groups in total. The van der Waals surface area contributed by atoms with Crippen molar-refractivity contribution in [1.29, 1.82) is 0 Å². The van der Waals surface area contributed by atoms with Gasteiger partial charge in [-0.05, 0) is 116 Å². The Balaban J connectivity index is 0.994. The molecule has 0 bridgehead atoms. The fourth-order valence-electron chi connectivity index (χ4n) is 8.76. The lowest BCUT2D eigenvalue weighted by atomic mass is 9.97. The Morgan fingerprint density at radius 2 is 0.597 bits per heavy atom. The Kier molecular flexibility index (Phi) is 9.57. The summed E-state index contributed by atoms with van der Waals surface area (Å²) < 4.78 is 6.40. The molecule has 292 valence electrons. The number of hydrogen-bond donors (Lipinski definition) is 0. The maximum Gasteiger partial charge on any atom is 0.143 e. The summed E-state index contributed by atoms with van der Waals surface area (Å²) in [7, 11) is 0. The summed E-state index contributed by atoms with van der Waals surface area (Å²) in [5.74, 6) is 0. The standard InChI is InChI=1S/C60H41NO/c1-3-15-42(16-4-1)46-19-9-21-48(37-46)51-24-12-27-54(40-51)61(55-28-13-25-52(41-55)49-22-10-20-47(38-49)43-17-5-2-6-18-43)53-26-11-23-50(39-53)44-33-35-45(36-34-44)56-30-14-31-58-57-29-7-8-32-59(57)62-60(56)58/h1-41H. The van der Waals surface area contributed by atoms with Crippen LogP contribution in [0.4, 0.5) is 17.1 Å². The highest BCUT2D eigenvalue weighted by atomic mass is 16.3. The zero-order valence-electron chi connectivity index (χ0n) is 34.0. The van der Waals surface area contributed by atoms with E-state index in [0.717, 1.165) is 72.4 Å². The van der Waals surface area contributed by atoms with Crippen molar-refractivity contribution < 1.29 is 4.42 Å². The van der Waals surface area contributed by atoms with Crippen LogP contribution < -0.4 is 4.90 Å². The van der Waals surface area contributed by atoms with Crippen LogP contribution in [0.3, 0.4) is 0 Å². The highest BCUT2D eigenvalue weighted by Crippen LogP contribution is 2.41. The van der Waals surface area contributed by atoms with Crippen LogP contribution >= 0.6 is 0 Å². The first-order valence-electron chi connectivity index (χ1n) is 21.2. The molecule has 0 unspecified atom stereocenters. The third-order valence-corrected chi connectivity index (χ3v) is 11.9. The lowest BCUT2D eigenvalue weighted by Crippen LogP contribution is -2.10. The maximum absolute atomic E-state index is 6.40. The summed E-state index contributed by atoms with van der Waals surface area (Å²) in [4.78, 5) is 2.38. The van der Waals surface area contributed by atoms with Crippen LogP contribution in [0.1, 0.15) is 0 Å². The summed E-state index contributed by atoms with van der Waals surface area (Å²) in [6, 6.07) is 89.1. The van der Waals surface area contributed by atoms with Crippen molar-refractivity contribution in [3.05, 3.63) is 249 Å². The van der Waals surface area contributed by atoms with Gasteiger partial charge in [0.1, 0.15) is 11.2 Å². The zero-order valence-corrected chi connectivity index (χ0v) is 34.0. The Labute approximate surface area is 362 Å². The van der Waals surface area contributed by atoms with Gasteiger partial charge in [-0.1, -0.05) is 194 Å². The summed E-state index contributed by atoms with van der Waals surface area (Å²) in [6.45, 7) is 0. The lowest BCUT2D eigenvalue weighted by molar-refractivity contribution is 0.670. The second-order valence-electron chi connectivity index (χ2n) is 15.7. The number of rotatable bonds is 9. The first-order chi connectivity index (χ1) is 30.7. The Morgan fingerprint density at radius 3 is 1.13 bits per heavy atom. The highest BCUT2D eigenvalue weighted by Gasteiger charge is 2.17. The van der Waals surface area contributed by atoms with Crippen molar-refractivity contribution in [3.8, 4) is 66.8 Å². The van der Waals surface area contributed by atoms with Crippen molar-refractivity contribution >= 4 is 39.0 Å². The van der Waals surface area contributed by atoms with E-state index in [2.05, 4.69) is 241 Å². The molecule has 1 heterocycles. The molecule has 0 saturated carbocycles. The van der Waals surface area contributed by atoms with Crippen LogP contribution in [-0.2, 0) is 0 Å². The minimum Gasteiger partial charge on any atom is -0.455 e. The maximum atomic E-state index is 6.40. The molecule has 2 heteroatoms. The number of hydrogen-bond acceptors (Lipinski definition) is 2. The summed E-state index contributed by atoms with van der Waals surface area (Å²) in [5, 5.41) is 2.27. The van der Waals surface area contributed by atoms with Gasteiger partial charge in [-0.2, -0.15) is 0 Å². The fraction of sp³-hybridized carbons (Fsp3) is 0. The van der Waals surface area contributed by atoms with Crippen LogP contribution in [-0.4, -0.2) is 0 Å².